The van der Waals surface area contributed by atoms with Gasteiger partial charge in [-0.25, -0.2) is 0 Å². The van der Waals surface area contributed by atoms with E-state index in [9.17, 15) is 0 Å². The summed E-state index contributed by atoms with van der Waals surface area (Å²) in [6, 6.07) is -0.180. The van der Waals surface area contributed by atoms with E-state index in [-0.39, 0.29) is 30.5 Å². The first kappa shape index (κ1) is 13.8. The SMILES string of the molecule is CCC(COP(O)O)Nc1nc(N)nc(N)n1. The average Bonchev–Trinajstić information content (AvgIpc) is 2.22. The zero-order valence-electron chi connectivity index (χ0n) is 9.24. The van der Waals surface area contributed by atoms with Crippen LogP contribution in [-0.4, -0.2) is 37.4 Å². The van der Waals surface area contributed by atoms with Crippen LogP contribution in [0, 0.1) is 0 Å². The third kappa shape index (κ3) is 5.05. The highest BCUT2D eigenvalue weighted by molar-refractivity contribution is 7.39. The fourth-order valence-corrected chi connectivity index (χ4v) is 1.39. The topological polar surface area (TPSA) is 152 Å². The van der Waals surface area contributed by atoms with Crippen LogP contribution in [0.1, 0.15) is 13.3 Å². The zero-order chi connectivity index (χ0) is 12.8. The van der Waals surface area contributed by atoms with Crippen LogP contribution in [0.5, 0.6) is 0 Å². The number of nitrogens with two attached hydrogens (primary N) is 2. The van der Waals surface area contributed by atoms with Crippen LogP contribution in [0.3, 0.4) is 0 Å². The van der Waals surface area contributed by atoms with Crippen molar-refractivity contribution in [2.45, 2.75) is 19.4 Å². The molecular weight excluding hydrogens is 247 g/mol. The van der Waals surface area contributed by atoms with E-state index in [2.05, 4.69) is 20.3 Å². The summed E-state index contributed by atoms with van der Waals surface area (Å²) >= 11 is 0. The summed E-state index contributed by atoms with van der Waals surface area (Å²) in [4.78, 5) is 28.6. The van der Waals surface area contributed by atoms with Gasteiger partial charge in [0.1, 0.15) is 0 Å². The molecule has 1 rings (SSSR count). The minimum atomic E-state index is -2.37. The summed E-state index contributed by atoms with van der Waals surface area (Å²) in [6.45, 7) is 2.01. The number of nitrogen functional groups attached to an aromatic ring is 2. The van der Waals surface area contributed by atoms with Crippen LogP contribution in [0.2, 0.25) is 0 Å². The maximum atomic E-state index is 8.64. The molecule has 1 atom stereocenters. The van der Waals surface area contributed by atoms with Crippen LogP contribution in [0.25, 0.3) is 0 Å². The molecule has 0 saturated heterocycles. The van der Waals surface area contributed by atoms with Crippen LogP contribution in [0.15, 0.2) is 0 Å². The first-order valence-corrected chi connectivity index (χ1v) is 6.02. The molecule has 0 aliphatic rings. The van der Waals surface area contributed by atoms with Gasteiger partial charge in [0, 0.05) is 0 Å². The van der Waals surface area contributed by atoms with Crippen molar-refractivity contribution in [3.63, 3.8) is 0 Å². The summed E-state index contributed by atoms with van der Waals surface area (Å²) in [6.07, 6.45) is 0.675. The number of hydrogen-bond donors (Lipinski definition) is 5. The number of rotatable bonds is 6. The molecule has 0 aromatic carbocycles. The smallest absolute Gasteiger partial charge is 0.327 e. The van der Waals surface area contributed by atoms with Gasteiger partial charge in [0.25, 0.3) is 0 Å². The van der Waals surface area contributed by atoms with Crippen molar-refractivity contribution in [2.75, 3.05) is 23.4 Å². The number of hydrogen-bond acceptors (Lipinski definition) is 9. The maximum Gasteiger partial charge on any atom is 0.327 e. The van der Waals surface area contributed by atoms with Gasteiger partial charge in [0.15, 0.2) is 0 Å². The lowest BCUT2D eigenvalue weighted by Crippen LogP contribution is -2.25. The Morgan fingerprint density at radius 3 is 2.35 bits per heavy atom. The summed E-state index contributed by atoms with van der Waals surface area (Å²) < 4.78 is 4.71. The monoisotopic (exact) mass is 262 g/mol. The lowest BCUT2D eigenvalue weighted by molar-refractivity contribution is 0.241. The molecule has 1 aromatic rings. The first-order chi connectivity index (χ1) is 8.01. The second-order valence-corrected chi connectivity index (χ2v) is 3.94. The fourth-order valence-electron chi connectivity index (χ4n) is 1.07. The predicted octanol–water partition coefficient (Wildman–Crippen LogP) is -0.545. The summed E-state index contributed by atoms with van der Waals surface area (Å²) in [5.41, 5.74) is 10.8. The van der Waals surface area contributed by atoms with Crippen molar-refractivity contribution in [3.8, 4) is 0 Å². The standard InChI is InChI=1S/C7H15N6O3P/c1-2-4(3-16-17(14)15)10-7-12-5(8)11-6(9)13-7/h4,14-15H,2-3H2,1H3,(H5,8,9,10,11,12,13). The number of anilines is 3. The Hall–Kier alpha value is -1.28. The van der Waals surface area contributed by atoms with E-state index in [1.165, 1.54) is 0 Å². The quantitative estimate of drug-likeness (QED) is 0.425. The van der Waals surface area contributed by atoms with Gasteiger partial charge in [-0.2, -0.15) is 15.0 Å². The van der Waals surface area contributed by atoms with Crippen molar-refractivity contribution in [1.82, 2.24) is 15.0 Å². The Morgan fingerprint density at radius 2 is 1.88 bits per heavy atom. The van der Waals surface area contributed by atoms with E-state index >= 15 is 0 Å². The molecule has 0 aliphatic carbocycles. The molecular formula is C7H15N6O3P. The van der Waals surface area contributed by atoms with Crippen molar-refractivity contribution in [1.29, 1.82) is 0 Å². The molecule has 0 aliphatic heterocycles. The predicted molar refractivity (Wildman–Crippen MR) is 63.7 cm³/mol. The summed E-state index contributed by atoms with van der Waals surface area (Å²) in [5.74, 6) is 0.260. The molecule has 1 aromatic heterocycles. The highest BCUT2D eigenvalue weighted by atomic mass is 31.2. The van der Waals surface area contributed by atoms with Gasteiger partial charge in [0.2, 0.25) is 17.8 Å². The lowest BCUT2D eigenvalue weighted by atomic mass is 10.2. The number of nitrogens with zero attached hydrogens (tertiary/aromatic N) is 3. The van der Waals surface area contributed by atoms with E-state index in [1.807, 2.05) is 6.92 Å². The van der Waals surface area contributed by atoms with Crippen LogP contribution >= 0.6 is 8.60 Å². The molecule has 0 bridgehead atoms. The Balaban J connectivity index is 2.60. The third-order valence-electron chi connectivity index (χ3n) is 1.89. The fraction of sp³-hybridized carbons (Fsp3) is 0.571. The van der Waals surface area contributed by atoms with Crippen LogP contribution < -0.4 is 16.8 Å². The first-order valence-electron chi connectivity index (χ1n) is 4.85. The molecule has 0 radical (unpaired) electrons. The normalized spacial score (nSPS) is 12.7. The van der Waals surface area contributed by atoms with Gasteiger partial charge in [-0.15, -0.1) is 0 Å². The molecule has 96 valence electrons. The Bertz CT molecular complexity index is 345. The Morgan fingerprint density at radius 1 is 1.29 bits per heavy atom. The van der Waals surface area contributed by atoms with Gasteiger partial charge in [-0.3, -0.25) is 0 Å². The van der Waals surface area contributed by atoms with Gasteiger partial charge in [-0.05, 0) is 6.42 Å². The summed E-state index contributed by atoms with van der Waals surface area (Å²) in [7, 11) is -2.37. The molecule has 0 amide bonds. The molecule has 0 saturated carbocycles. The molecule has 0 spiro atoms. The Kier molecular flexibility index (Phi) is 5.23. The second-order valence-electron chi connectivity index (χ2n) is 3.17. The molecule has 1 unspecified atom stereocenters. The minimum absolute atomic E-state index is 0.0161. The van der Waals surface area contributed by atoms with Crippen molar-refractivity contribution >= 4 is 26.4 Å². The lowest BCUT2D eigenvalue weighted by Gasteiger charge is -2.17. The van der Waals surface area contributed by atoms with Gasteiger partial charge in [-0.1, -0.05) is 6.92 Å². The molecule has 1 heterocycles. The van der Waals surface area contributed by atoms with Crippen LogP contribution in [-0.2, 0) is 4.52 Å². The maximum absolute atomic E-state index is 8.64. The van der Waals surface area contributed by atoms with E-state index < -0.39 is 8.60 Å². The number of nitrogens with one attached hydrogen (secondary N) is 1. The zero-order valence-corrected chi connectivity index (χ0v) is 10.1. The van der Waals surface area contributed by atoms with E-state index in [1.54, 1.807) is 0 Å². The molecule has 17 heavy (non-hydrogen) atoms. The summed E-state index contributed by atoms with van der Waals surface area (Å²) in [5, 5.41) is 2.91. The molecule has 9 nitrogen and oxygen atoms in total. The third-order valence-corrected chi connectivity index (χ3v) is 2.27. The highest BCUT2D eigenvalue weighted by Crippen LogP contribution is 2.24. The van der Waals surface area contributed by atoms with Crippen molar-refractivity contribution in [2.24, 2.45) is 0 Å². The van der Waals surface area contributed by atoms with Gasteiger partial charge >= 0.3 is 8.60 Å². The molecule has 7 N–H and O–H groups in total. The minimum Gasteiger partial charge on any atom is -0.368 e. The average molecular weight is 262 g/mol. The molecule has 0 fully saturated rings. The van der Waals surface area contributed by atoms with E-state index in [4.69, 9.17) is 25.8 Å². The Labute approximate surface area is 99.2 Å². The van der Waals surface area contributed by atoms with Gasteiger partial charge in [0.05, 0.1) is 12.6 Å². The van der Waals surface area contributed by atoms with Gasteiger partial charge < -0.3 is 31.1 Å². The second kappa shape index (κ2) is 6.45. The highest BCUT2D eigenvalue weighted by Gasteiger charge is 2.11. The largest absolute Gasteiger partial charge is 0.368 e. The van der Waals surface area contributed by atoms with Crippen molar-refractivity contribution < 1.29 is 14.3 Å². The van der Waals surface area contributed by atoms with E-state index in [0.717, 1.165) is 0 Å². The van der Waals surface area contributed by atoms with Crippen molar-refractivity contribution in [3.05, 3.63) is 0 Å². The number of aromatic nitrogens is 3. The van der Waals surface area contributed by atoms with E-state index in [0.29, 0.717) is 6.42 Å². The van der Waals surface area contributed by atoms with Crippen LogP contribution in [0.4, 0.5) is 17.8 Å². The molecule has 10 heteroatoms.